The molecule has 0 atom stereocenters. The molecule has 0 saturated heterocycles. The zero-order valence-corrected chi connectivity index (χ0v) is 11.5. The lowest BCUT2D eigenvalue weighted by Crippen LogP contribution is -2.02. The maximum Gasteiger partial charge on any atom is 0.153 e. The minimum absolute atomic E-state index is 0.0212. The maximum absolute atomic E-state index is 13.4. The molecule has 0 bridgehead atoms. The van der Waals surface area contributed by atoms with Crippen LogP contribution in [0.15, 0.2) is 30.3 Å². The Hall–Kier alpha value is -1.65. The molecular formula is C14H8Cl2F2O2. The van der Waals surface area contributed by atoms with Crippen molar-refractivity contribution in [3.05, 3.63) is 63.1 Å². The Labute approximate surface area is 123 Å². The zero-order valence-electron chi connectivity index (χ0n) is 10.00. The molecule has 0 aliphatic heterocycles. The van der Waals surface area contributed by atoms with Gasteiger partial charge < -0.3 is 4.74 Å². The Morgan fingerprint density at radius 3 is 2.60 bits per heavy atom. The molecule has 2 aromatic carbocycles. The monoisotopic (exact) mass is 316 g/mol. The van der Waals surface area contributed by atoms with E-state index in [2.05, 4.69) is 0 Å². The summed E-state index contributed by atoms with van der Waals surface area (Å²) in [6, 6.07) is 5.79. The number of rotatable bonds is 4. The van der Waals surface area contributed by atoms with Crippen LogP contribution in [0.4, 0.5) is 8.78 Å². The molecule has 0 fully saturated rings. The minimum atomic E-state index is -0.607. The van der Waals surface area contributed by atoms with Crippen molar-refractivity contribution in [2.45, 2.75) is 6.61 Å². The summed E-state index contributed by atoms with van der Waals surface area (Å²) in [7, 11) is 0. The zero-order chi connectivity index (χ0) is 14.7. The van der Waals surface area contributed by atoms with Gasteiger partial charge in [0, 0.05) is 10.6 Å². The quantitative estimate of drug-likeness (QED) is 0.767. The fourth-order valence-electron chi connectivity index (χ4n) is 1.62. The topological polar surface area (TPSA) is 26.3 Å². The second kappa shape index (κ2) is 6.20. The predicted molar refractivity (Wildman–Crippen MR) is 72.5 cm³/mol. The van der Waals surface area contributed by atoms with Crippen LogP contribution in [-0.4, -0.2) is 6.29 Å². The van der Waals surface area contributed by atoms with Gasteiger partial charge in [0.1, 0.15) is 24.0 Å². The van der Waals surface area contributed by atoms with E-state index in [1.165, 1.54) is 12.1 Å². The Kier molecular flexibility index (Phi) is 4.57. The van der Waals surface area contributed by atoms with Gasteiger partial charge in [0.15, 0.2) is 6.29 Å². The summed E-state index contributed by atoms with van der Waals surface area (Å²) in [4.78, 5) is 10.9. The third-order valence-electron chi connectivity index (χ3n) is 2.54. The van der Waals surface area contributed by atoms with Gasteiger partial charge in [0.2, 0.25) is 0 Å². The van der Waals surface area contributed by atoms with Crippen molar-refractivity contribution >= 4 is 29.5 Å². The lowest BCUT2D eigenvalue weighted by Gasteiger charge is -2.11. The third kappa shape index (κ3) is 3.26. The summed E-state index contributed by atoms with van der Waals surface area (Å²) >= 11 is 11.7. The molecule has 0 amide bonds. The highest BCUT2D eigenvalue weighted by Gasteiger charge is 2.12. The summed E-state index contributed by atoms with van der Waals surface area (Å²) in [5, 5.41) is 0.401. The van der Waals surface area contributed by atoms with Crippen LogP contribution >= 0.6 is 23.2 Å². The molecule has 0 aromatic heterocycles. The summed E-state index contributed by atoms with van der Waals surface area (Å²) in [5.74, 6) is -1.11. The van der Waals surface area contributed by atoms with Gasteiger partial charge in [-0.2, -0.15) is 0 Å². The number of carbonyl (C=O) groups is 1. The normalized spacial score (nSPS) is 10.4. The molecule has 0 N–H and O–H groups in total. The number of hydrogen-bond acceptors (Lipinski definition) is 2. The lowest BCUT2D eigenvalue weighted by atomic mass is 10.2. The molecule has 0 aliphatic rings. The van der Waals surface area contributed by atoms with Crippen LogP contribution in [0.3, 0.4) is 0 Å². The molecule has 2 nitrogen and oxygen atoms in total. The summed E-state index contributed by atoms with van der Waals surface area (Å²) in [5.41, 5.74) is 0.159. The van der Waals surface area contributed by atoms with Crippen molar-refractivity contribution in [2.75, 3.05) is 0 Å². The highest BCUT2D eigenvalue weighted by atomic mass is 35.5. The van der Waals surface area contributed by atoms with E-state index in [-0.39, 0.29) is 33.5 Å². The average Bonchev–Trinajstić information content (AvgIpc) is 2.40. The molecule has 0 heterocycles. The van der Waals surface area contributed by atoms with E-state index < -0.39 is 11.6 Å². The van der Waals surface area contributed by atoms with Gasteiger partial charge in [-0.3, -0.25) is 4.79 Å². The first kappa shape index (κ1) is 14.8. The molecular weight excluding hydrogens is 309 g/mol. The summed E-state index contributed by atoms with van der Waals surface area (Å²) in [6.45, 7) is -0.258. The first-order valence-electron chi connectivity index (χ1n) is 5.52. The smallest absolute Gasteiger partial charge is 0.153 e. The van der Waals surface area contributed by atoms with Gasteiger partial charge >= 0.3 is 0 Å². The van der Waals surface area contributed by atoms with Gasteiger partial charge in [0.25, 0.3) is 0 Å². The Morgan fingerprint density at radius 1 is 1.15 bits per heavy atom. The Morgan fingerprint density at radius 2 is 1.90 bits per heavy atom. The van der Waals surface area contributed by atoms with E-state index in [9.17, 15) is 13.6 Å². The van der Waals surface area contributed by atoms with Crippen LogP contribution in [0.25, 0.3) is 0 Å². The Bertz CT molecular complexity index is 660. The summed E-state index contributed by atoms with van der Waals surface area (Å²) in [6.07, 6.45) is 0.523. The van der Waals surface area contributed by atoms with Crippen molar-refractivity contribution in [1.82, 2.24) is 0 Å². The van der Waals surface area contributed by atoms with Crippen LogP contribution in [0, 0.1) is 11.6 Å². The molecule has 104 valence electrons. The highest BCUT2D eigenvalue weighted by Crippen LogP contribution is 2.32. The maximum atomic E-state index is 13.4. The average molecular weight is 317 g/mol. The van der Waals surface area contributed by atoms with Crippen molar-refractivity contribution < 1.29 is 18.3 Å². The van der Waals surface area contributed by atoms with E-state index in [1.807, 2.05) is 0 Å². The number of hydrogen-bond donors (Lipinski definition) is 0. The predicted octanol–water partition coefficient (Wildman–Crippen LogP) is 4.66. The van der Waals surface area contributed by atoms with E-state index in [1.54, 1.807) is 0 Å². The van der Waals surface area contributed by atoms with Gasteiger partial charge in [-0.1, -0.05) is 23.2 Å². The van der Waals surface area contributed by atoms with Crippen LogP contribution in [0.2, 0.25) is 10.0 Å². The molecule has 0 unspecified atom stereocenters. The van der Waals surface area contributed by atoms with E-state index >= 15 is 0 Å². The van der Waals surface area contributed by atoms with Gasteiger partial charge in [0.05, 0.1) is 10.6 Å². The van der Waals surface area contributed by atoms with Crippen molar-refractivity contribution in [2.24, 2.45) is 0 Å². The van der Waals surface area contributed by atoms with Gasteiger partial charge in [-0.15, -0.1) is 0 Å². The second-order valence-corrected chi connectivity index (χ2v) is 4.79. The molecule has 0 spiro atoms. The molecule has 6 heteroatoms. The standard InChI is InChI=1S/C14H8Cl2F2O2/c15-10-3-8(6-19)14(12(16)5-10)20-7-9-4-11(17)1-2-13(9)18/h1-6H,7H2. The SMILES string of the molecule is O=Cc1cc(Cl)cc(Cl)c1OCc1cc(F)ccc1F. The number of ether oxygens (including phenoxy) is 1. The number of aldehydes is 1. The van der Waals surface area contributed by atoms with E-state index in [0.717, 1.165) is 18.2 Å². The number of halogens is 4. The van der Waals surface area contributed by atoms with Crippen LogP contribution in [0.5, 0.6) is 5.75 Å². The highest BCUT2D eigenvalue weighted by molar-refractivity contribution is 6.36. The molecule has 0 radical (unpaired) electrons. The van der Waals surface area contributed by atoms with Crippen LogP contribution in [-0.2, 0) is 6.61 Å². The minimum Gasteiger partial charge on any atom is -0.486 e. The van der Waals surface area contributed by atoms with Crippen molar-refractivity contribution in [3.8, 4) is 5.75 Å². The molecule has 0 aliphatic carbocycles. The van der Waals surface area contributed by atoms with Crippen molar-refractivity contribution in [1.29, 1.82) is 0 Å². The summed E-state index contributed by atoms with van der Waals surface area (Å²) < 4.78 is 31.8. The van der Waals surface area contributed by atoms with Crippen LogP contribution in [0.1, 0.15) is 15.9 Å². The first-order valence-corrected chi connectivity index (χ1v) is 6.28. The van der Waals surface area contributed by atoms with Gasteiger partial charge in [-0.05, 0) is 30.3 Å². The van der Waals surface area contributed by atoms with E-state index in [4.69, 9.17) is 27.9 Å². The fraction of sp³-hybridized carbons (Fsp3) is 0.0714. The molecule has 20 heavy (non-hydrogen) atoms. The number of carbonyl (C=O) groups excluding carboxylic acids is 1. The molecule has 2 rings (SSSR count). The molecule has 2 aromatic rings. The van der Waals surface area contributed by atoms with Crippen LogP contribution < -0.4 is 4.74 Å². The number of benzene rings is 2. The Balaban J connectivity index is 2.27. The molecule has 0 saturated carbocycles. The van der Waals surface area contributed by atoms with Crippen molar-refractivity contribution in [3.63, 3.8) is 0 Å². The first-order chi connectivity index (χ1) is 9.51. The van der Waals surface area contributed by atoms with E-state index in [0.29, 0.717) is 6.29 Å². The third-order valence-corrected chi connectivity index (χ3v) is 3.04. The largest absolute Gasteiger partial charge is 0.486 e. The van der Waals surface area contributed by atoms with Gasteiger partial charge in [-0.25, -0.2) is 8.78 Å². The lowest BCUT2D eigenvalue weighted by molar-refractivity contribution is 0.111. The second-order valence-electron chi connectivity index (χ2n) is 3.95. The fourth-order valence-corrected chi connectivity index (χ4v) is 2.19.